The van der Waals surface area contributed by atoms with E-state index in [2.05, 4.69) is 13.2 Å². The van der Waals surface area contributed by atoms with Crippen LogP contribution in [0.4, 0.5) is 0 Å². The van der Waals surface area contributed by atoms with Gasteiger partial charge in [-0.05, 0) is 27.7 Å². The summed E-state index contributed by atoms with van der Waals surface area (Å²) >= 11 is 7.78. The van der Waals surface area contributed by atoms with Crippen molar-refractivity contribution >= 4 is 59.0 Å². The minimum Gasteiger partial charge on any atom is -0.458 e. The molecule has 4 atom stereocenters. The summed E-state index contributed by atoms with van der Waals surface area (Å²) in [5, 5.41) is 1.30. The van der Waals surface area contributed by atoms with E-state index in [1.165, 1.54) is 0 Å². The van der Waals surface area contributed by atoms with Gasteiger partial charge in [-0.25, -0.2) is 9.59 Å². The first-order chi connectivity index (χ1) is 13.2. The van der Waals surface area contributed by atoms with Crippen LogP contribution in [0.1, 0.15) is 27.7 Å². The molecule has 0 N–H and O–H groups in total. The quantitative estimate of drug-likeness (QED) is 0.305. The lowest BCUT2D eigenvalue weighted by Crippen LogP contribution is -2.26. The summed E-state index contributed by atoms with van der Waals surface area (Å²) in [6.45, 7) is 14.4. The molecule has 0 bridgehead atoms. The second-order valence-corrected chi connectivity index (χ2v) is 11.8. The summed E-state index contributed by atoms with van der Waals surface area (Å²) < 4.78 is 10.6. The minimum atomic E-state index is -0.306. The molecule has 1 rings (SSSR count). The van der Waals surface area contributed by atoms with Crippen LogP contribution in [0.2, 0.25) is 0 Å². The molecule has 4 unspecified atom stereocenters. The van der Waals surface area contributed by atoms with Crippen LogP contribution in [-0.4, -0.2) is 69.2 Å². The van der Waals surface area contributed by atoms with Crippen LogP contribution >= 0.6 is 47.0 Å². The van der Waals surface area contributed by atoms with Crippen molar-refractivity contribution in [2.45, 2.75) is 50.4 Å². The minimum absolute atomic E-state index is 0.0828. The van der Waals surface area contributed by atoms with Crippen LogP contribution in [0, 0.1) is 0 Å². The zero-order chi connectivity index (χ0) is 21.1. The van der Waals surface area contributed by atoms with Gasteiger partial charge < -0.3 is 9.47 Å². The van der Waals surface area contributed by atoms with E-state index in [-0.39, 0.29) is 24.1 Å². The van der Waals surface area contributed by atoms with Gasteiger partial charge in [0.1, 0.15) is 12.2 Å². The monoisotopic (exact) mass is 464 g/mol. The van der Waals surface area contributed by atoms with Crippen LogP contribution in [0.15, 0.2) is 24.3 Å². The van der Waals surface area contributed by atoms with E-state index in [1.807, 2.05) is 60.9 Å². The van der Waals surface area contributed by atoms with Gasteiger partial charge in [-0.15, -0.1) is 0 Å². The van der Waals surface area contributed by atoms with Gasteiger partial charge in [0.05, 0.1) is 0 Å². The Bertz CT molecular complexity index is 496. The van der Waals surface area contributed by atoms with Gasteiger partial charge in [-0.2, -0.15) is 47.0 Å². The Morgan fingerprint density at radius 1 is 0.893 bits per heavy atom. The molecule has 0 amide bonds. The Kier molecular flexibility index (Phi) is 12.9. The van der Waals surface area contributed by atoms with Crippen LogP contribution in [0.3, 0.4) is 0 Å². The van der Waals surface area contributed by atoms with Crippen molar-refractivity contribution in [2.24, 2.45) is 0 Å². The zero-order valence-electron chi connectivity index (χ0n) is 17.2. The fourth-order valence-corrected chi connectivity index (χ4v) is 8.07. The smallest absolute Gasteiger partial charge is 0.333 e. The molecule has 8 heteroatoms. The fraction of sp³-hybridized carbons (Fsp3) is 0.700. The van der Waals surface area contributed by atoms with E-state index in [0.29, 0.717) is 21.6 Å². The number of hydrogen-bond acceptors (Lipinski definition) is 8. The third-order valence-corrected chi connectivity index (χ3v) is 9.99. The largest absolute Gasteiger partial charge is 0.458 e. The molecule has 28 heavy (non-hydrogen) atoms. The zero-order valence-corrected chi connectivity index (χ0v) is 20.5. The summed E-state index contributed by atoms with van der Waals surface area (Å²) in [6.07, 6.45) is -0.166. The van der Waals surface area contributed by atoms with E-state index >= 15 is 0 Å². The predicted octanol–water partition coefficient (Wildman–Crippen LogP) is 4.69. The average molecular weight is 465 g/mol. The highest BCUT2D eigenvalue weighted by molar-refractivity contribution is 8.09. The predicted molar refractivity (Wildman–Crippen MR) is 128 cm³/mol. The number of thioether (sulfide) groups is 4. The second-order valence-electron chi connectivity index (χ2n) is 6.98. The summed E-state index contributed by atoms with van der Waals surface area (Å²) in [5.41, 5.74) is 0.895. The third-order valence-electron chi connectivity index (χ3n) is 3.66. The maximum absolute atomic E-state index is 11.5. The van der Waals surface area contributed by atoms with Crippen molar-refractivity contribution in [1.29, 1.82) is 0 Å². The lowest BCUT2D eigenvalue weighted by Gasteiger charge is -2.28. The third kappa shape index (κ3) is 11.1. The molecular weight excluding hydrogens is 432 g/mol. The van der Waals surface area contributed by atoms with Gasteiger partial charge in [0.2, 0.25) is 0 Å². The standard InChI is InChI=1S/C20H32O4S4/c1-13(2)19(21)23-15(5)7-25-9-17-11-28-18(12-27-17)10-26-8-16(6)24-20(22)14(3)4/h15-18H,1,3,7-12H2,2,4-6H3. The van der Waals surface area contributed by atoms with E-state index in [9.17, 15) is 9.59 Å². The molecule has 160 valence electrons. The summed E-state index contributed by atoms with van der Waals surface area (Å²) in [7, 11) is 0. The lowest BCUT2D eigenvalue weighted by molar-refractivity contribution is -0.143. The van der Waals surface area contributed by atoms with Gasteiger partial charge in [0.25, 0.3) is 0 Å². The number of ether oxygens (including phenoxy) is 2. The van der Waals surface area contributed by atoms with E-state index in [0.717, 1.165) is 34.5 Å². The van der Waals surface area contributed by atoms with Crippen LogP contribution in [-0.2, 0) is 19.1 Å². The Morgan fingerprint density at radius 3 is 1.54 bits per heavy atom. The van der Waals surface area contributed by atoms with E-state index in [4.69, 9.17) is 9.47 Å². The number of rotatable bonds is 12. The number of carbonyl (C=O) groups is 2. The molecule has 0 aromatic rings. The topological polar surface area (TPSA) is 52.6 Å². The molecule has 1 saturated heterocycles. The molecule has 1 aliphatic heterocycles. The lowest BCUT2D eigenvalue weighted by atomic mass is 10.3. The summed E-state index contributed by atoms with van der Waals surface area (Å²) in [6, 6.07) is 0. The molecule has 1 heterocycles. The maximum atomic E-state index is 11.5. The first-order valence-electron chi connectivity index (χ1n) is 9.30. The number of esters is 2. The Balaban J connectivity index is 2.10. The molecule has 0 radical (unpaired) electrons. The highest BCUT2D eigenvalue weighted by Gasteiger charge is 2.23. The van der Waals surface area contributed by atoms with Crippen molar-refractivity contribution < 1.29 is 19.1 Å². The van der Waals surface area contributed by atoms with Gasteiger partial charge in [0, 0.05) is 56.2 Å². The first-order valence-corrected chi connectivity index (χ1v) is 13.7. The molecular formula is C20H32O4S4. The summed E-state index contributed by atoms with van der Waals surface area (Å²) in [5.74, 6) is 5.51. The number of carbonyl (C=O) groups excluding carboxylic acids is 2. The first kappa shape index (κ1) is 25.9. The fourth-order valence-electron chi connectivity index (χ4n) is 2.14. The SMILES string of the molecule is C=C(C)C(=O)OC(C)CSCC1CSC(CSCC(C)OC(=O)C(=C)C)CS1. The summed E-state index contributed by atoms with van der Waals surface area (Å²) in [4.78, 5) is 23.0. The van der Waals surface area contributed by atoms with Crippen molar-refractivity contribution in [3.8, 4) is 0 Å². The molecule has 0 aromatic carbocycles. The van der Waals surface area contributed by atoms with Gasteiger partial charge in [-0.1, -0.05) is 13.2 Å². The number of hydrogen-bond donors (Lipinski definition) is 0. The van der Waals surface area contributed by atoms with Crippen LogP contribution in [0.25, 0.3) is 0 Å². The van der Waals surface area contributed by atoms with Gasteiger partial charge >= 0.3 is 11.9 Å². The Morgan fingerprint density at radius 2 is 1.25 bits per heavy atom. The Hall–Kier alpha value is -0.180. The van der Waals surface area contributed by atoms with Crippen molar-refractivity contribution in [3.05, 3.63) is 24.3 Å². The van der Waals surface area contributed by atoms with E-state index < -0.39 is 0 Å². The maximum Gasteiger partial charge on any atom is 0.333 e. The second kappa shape index (κ2) is 13.9. The average Bonchev–Trinajstić information content (AvgIpc) is 2.62. The van der Waals surface area contributed by atoms with Crippen molar-refractivity contribution in [3.63, 3.8) is 0 Å². The van der Waals surface area contributed by atoms with Gasteiger partial charge in [0.15, 0.2) is 0 Å². The van der Waals surface area contributed by atoms with Crippen LogP contribution in [0.5, 0.6) is 0 Å². The highest BCUT2D eigenvalue weighted by atomic mass is 32.2. The van der Waals surface area contributed by atoms with Gasteiger partial charge in [-0.3, -0.25) is 0 Å². The molecule has 0 aromatic heterocycles. The van der Waals surface area contributed by atoms with Crippen molar-refractivity contribution in [1.82, 2.24) is 0 Å². The highest BCUT2D eigenvalue weighted by Crippen LogP contribution is 2.33. The molecule has 4 nitrogen and oxygen atoms in total. The molecule has 0 spiro atoms. The normalized spacial score (nSPS) is 21.4. The van der Waals surface area contributed by atoms with E-state index in [1.54, 1.807) is 13.8 Å². The molecule has 1 fully saturated rings. The van der Waals surface area contributed by atoms with Crippen molar-refractivity contribution in [2.75, 3.05) is 34.5 Å². The molecule has 0 saturated carbocycles. The van der Waals surface area contributed by atoms with Crippen LogP contribution < -0.4 is 0 Å². The molecule has 0 aliphatic carbocycles. The Labute approximate surface area is 186 Å². The molecule has 1 aliphatic rings.